The number of quaternary nitrogens is 1. The molecule has 9 nitrogen and oxygen atoms in total. The Hall–Kier alpha value is -4.31. The fourth-order valence-corrected chi connectivity index (χ4v) is 9.47. The topological polar surface area (TPSA) is 111 Å². The van der Waals surface area contributed by atoms with Crippen LogP contribution in [0.25, 0.3) is 0 Å². The molecule has 0 bridgehead atoms. The summed E-state index contributed by atoms with van der Waals surface area (Å²) in [5.41, 5.74) is 0. The third-order valence-electron chi connectivity index (χ3n) is 14.7. The first-order chi connectivity index (χ1) is 41.6. The maximum Gasteiger partial charge on any atom is 0.306 e. The van der Waals surface area contributed by atoms with Crippen LogP contribution in [0.2, 0.25) is 0 Å². The van der Waals surface area contributed by atoms with E-state index in [1.807, 2.05) is 21.1 Å². The number of nitrogens with zero attached hydrogens (tertiary/aromatic N) is 1. The molecule has 0 rings (SSSR count). The molecule has 0 saturated carbocycles. The average Bonchev–Trinajstić information content (AvgIpc) is 3.49. The van der Waals surface area contributed by atoms with Crippen molar-refractivity contribution >= 4 is 17.9 Å². The zero-order valence-electron chi connectivity index (χ0n) is 55.4. The van der Waals surface area contributed by atoms with Gasteiger partial charge in [-0.3, -0.25) is 9.59 Å². The van der Waals surface area contributed by atoms with Crippen LogP contribution in [0.5, 0.6) is 0 Å². The van der Waals surface area contributed by atoms with Crippen LogP contribution in [0.15, 0.2) is 122 Å². The summed E-state index contributed by atoms with van der Waals surface area (Å²) in [5.74, 6) is -2.32. The number of likely N-dealkylation sites (N-methyl/N-ethyl adjacent to an activating group) is 1. The summed E-state index contributed by atoms with van der Waals surface area (Å²) in [4.78, 5) is 37.4. The van der Waals surface area contributed by atoms with Crippen LogP contribution in [0.4, 0.5) is 0 Å². The highest BCUT2D eigenvalue weighted by Gasteiger charge is 2.22. The molecule has 2 atom stereocenters. The van der Waals surface area contributed by atoms with E-state index in [9.17, 15) is 19.5 Å². The molecular weight excluding hydrogens is 1050 g/mol. The van der Waals surface area contributed by atoms with E-state index in [4.69, 9.17) is 18.9 Å². The Morgan fingerprint density at radius 2 is 0.635 bits per heavy atom. The van der Waals surface area contributed by atoms with E-state index in [2.05, 4.69) is 135 Å². The van der Waals surface area contributed by atoms with E-state index >= 15 is 0 Å². The third kappa shape index (κ3) is 67.1. The Labute approximate surface area is 523 Å². The lowest BCUT2D eigenvalue weighted by Crippen LogP contribution is -2.44. The standard InChI is InChI=1S/C76H129NO8/c1-6-8-10-12-14-16-18-20-22-24-26-28-30-31-32-33-34-35-36-37-38-39-40-41-42-43-45-46-48-50-52-54-56-58-60-62-64-66-73(78)83-70-72(71-84-76(75(80)81)82-69-68-77(3,4)5)85-74(79)67-65-63-61-59-57-55-53-51-49-47-44-29-27-25-23-21-19-17-15-13-11-9-7-2/h8-11,14-17,20-23,26-29,47,49,53,55,72,76H,6-7,12-13,18-19,24-25,30-46,48,50-52,54,56-71H2,1-5H3/b10-8-,11-9-,16-14-,17-15-,22-20-,23-21-,28-26-,29-27-,49-47-,55-53-. The largest absolute Gasteiger partial charge is 0.545 e. The van der Waals surface area contributed by atoms with E-state index in [1.54, 1.807) is 0 Å². The number of carboxylic acid groups (broad SMARTS) is 1. The fourth-order valence-electron chi connectivity index (χ4n) is 9.47. The maximum absolute atomic E-state index is 12.9. The molecule has 0 spiro atoms. The molecule has 0 aromatic heterocycles. The number of rotatable bonds is 63. The third-order valence-corrected chi connectivity index (χ3v) is 14.7. The van der Waals surface area contributed by atoms with Gasteiger partial charge in [-0.2, -0.15) is 0 Å². The lowest BCUT2D eigenvalue weighted by molar-refractivity contribution is -0.870. The highest BCUT2D eigenvalue weighted by Crippen LogP contribution is 2.17. The number of unbranched alkanes of at least 4 members (excludes halogenated alkanes) is 28. The van der Waals surface area contributed by atoms with Gasteiger partial charge in [0.05, 0.1) is 40.3 Å². The Kier molecular flexibility index (Phi) is 62.3. The van der Waals surface area contributed by atoms with Gasteiger partial charge in [-0.1, -0.05) is 289 Å². The molecule has 0 amide bonds. The first kappa shape index (κ1) is 80.7. The molecule has 0 radical (unpaired) electrons. The first-order valence-corrected chi connectivity index (χ1v) is 34.7. The van der Waals surface area contributed by atoms with E-state index in [0.717, 1.165) is 109 Å². The molecule has 0 heterocycles. The highest BCUT2D eigenvalue weighted by molar-refractivity contribution is 5.70. The van der Waals surface area contributed by atoms with Gasteiger partial charge in [-0.25, -0.2) is 0 Å². The molecule has 0 aromatic rings. The molecule has 0 N–H and O–H groups in total. The Balaban J connectivity index is 4.08. The van der Waals surface area contributed by atoms with Crippen molar-refractivity contribution < 1.29 is 42.9 Å². The smallest absolute Gasteiger partial charge is 0.306 e. The Morgan fingerprint density at radius 1 is 0.353 bits per heavy atom. The van der Waals surface area contributed by atoms with Crippen LogP contribution >= 0.6 is 0 Å². The van der Waals surface area contributed by atoms with Crippen molar-refractivity contribution in [3.8, 4) is 0 Å². The zero-order valence-corrected chi connectivity index (χ0v) is 55.4. The first-order valence-electron chi connectivity index (χ1n) is 34.7. The molecule has 0 aromatic carbocycles. The van der Waals surface area contributed by atoms with Crippen LogP contribution in [0.1, 0.15) is 284 Å². The van der Waals surface area contributed by atoms with Crippen LogP contribution in [0, 0.1) is 0 Å². The number of aliphatic carboxylic acids is 1. The van der Waals surface area contributed by atoms with Gasteiger partial charge >= 0.3 is 11.9 Å². The highest BCUT2D eigenvalue weighted by atomic mass is 16.7. The number of esters is 2. The van der Waals surface area contributed by atoms with Crippen LogP contribution < -0.4 is 5.11 Å². The van der Waals surface area contributed by atoms with E-state index < -0.39 is 24.3 Å². The van der Waals surface area contributed by atoms with Crippen molar-refractivity contribution in [3.05, 3.63) is 122 Å². The van der Waals surface area contributed by atoms with Gasteiger partial charge in [-0.15, -0.1) is 0 Å². The quantitative estimate of drug-likeness (QED) is 0.0195. The molecule has 0 aliphatic heterocycles. The summed E-state index contributed by atoms with van der Waals surface area (Å²) in [6.07, 6.45) is 90.1. The van der Waals surface area contributed by atoms with Crippen LogP contribution in [-0.4, -0.2) is 82.3 Å². The average molecular weight is 1180 g/mol. The Bertz CT molecular complexity index is 1810. The lowest BCUT2D eigenvalue weighted by atomic mass is 10.0. The number of ether oxygens (including phenoxy) is 4. The number of carbonyl (C=O) groups excluding carboxylic acids is 3. The molecule has 2 unspecified atom stereocenters. The zero-order chi connectivity index (χ0) is 61.9. The number of hydrogen-bond acceptors (Lipinski definition) is 8. The summed E-state index contributed by atoms with van der Waals surface area (Å²) in [7, 11) is 5.92. The summed E-state index contributed by atoms with van der Waals surface area (Å²) < 4.78 is 22.7. The lowest BCUT2D eigenvalue weighted by Gasteiger charge is -2.26. The molecule has 85 heavy (non-hydrogen) atoms. The second-order valence-corrected chi connectivity index (χ2v) is 24.1. The second-order valence-electron chi connectivity index (χ2n) is 24.1. The van der Waals surface area contributed by atoms with Crippen LogP contribution in [-0.2, 0) is 33.3 Å². The van der Waals surface area contributed by atoms with Crippen molar-refractivity contribution in [2.24, 2.45) is 0 Å². The maximum atomic E-state index is 12.9. The number of carboxylic acids is 1. The second kappa shape index (κ2) is 65.7. The predicted molar refractivity (Wildman–Crippen MR) is 361 cm³/mol. The van der Waals surface area contributed by atoms with Gasteiger partial charge in [0.1, 0.15) is 13.2 Å². The molecule has 0 fully saturated rings. The van der Waals surface area contributed by atoms with E-state index in [1.165, 1.54) is 141 Å². The van der Waals surface area contributed by atoms with E-state index in [0.29, 0.717) is 17.4 Å². The SMILES string of the molecule is CC/C=C\C/C=C\C/C=C\C/C=C\C/C=C\C/C=C\CCCCCCC(=O)OC(COC(=O)CCCCCCCCCCCCCCCCCCCCCCCCCC/C=C\C/C=C\C/C=C\C/C=C\CC)COC(OCC[N+](C)(C)C)C(=O)[O-]. The van der Waals surface area contributed by atoms with Crippen LogP contribution in [0.3, 0.4) is 0 Å². The molecule has 0 saturated heterocycles. The Morgan fingerprint density at radius 3 is 0.941 bits per heavy atom. The van der Waals surface area contributed by atoms with Gasteiger partial charge < -0.3 is 33.3 Å². The normalized spacial score (nSPS) is 13.5. The van der Waals surface area contributed by atoms with Crippen molar-refractivity contribution in [1.82, 2.24) is 0 Å². The minimum atomic E-state index is -1.63. The number of allylic oxidation sites excluding steroid dienone is 20. The van der Waals surface area contributed by atoms with E-state index in [-0.39, 0.29) is 38.6 Å². The summed E-state index contributed by atoms with van der Waals surface area (Å²) in [5, 5.41) is 11.8. The molecule has 9 heteroatoms. The summed E-state index contributed by atoms with van der Waals surface area (Å²) in [6, 6.07) is 0. The molecule has 0 aliphatic rings. The van der Waals surface area contributed by atoms with Crippen molar-refractivity contribution in [1.29, 1.82) is 0 Å². The number of carbonyl (C=O) groups is 3. The van der Waals surface area contributed by atoms with Crippen molar-refractivity contribution in [2.75, 3.05) is 47.5 Å². The van der Waals surface area contributed by atoms with Gasteiger partial charge in [0.2, 0.25) is 0 Å². The minimum Gasteiger partial charge on any atom is -0.545 e. The predicted octanol–water partition coefficient (Wildman–Crippen LogP) is 20.2. The molecule has 0 aliphatic carbocycles. The van der Waals surface area contributed by atoms with Gasteiger partial charge in [0, 0.05) is 12.8 Å². The van der Waals surface area contributed by atoms with Crippen molar-refractivity contribution in [3.63, 3.8) is 0 Å². The monoisotopic (exact) mass is 1180 g/mol. The van der Waals surface area contributed by atoms with Gasteiger partial charge in [0.25, 0.3) is 0 Å². The number of hydrogen-bond donors (Lipinski definition) is 0. The van der Waals surface area contributed by atoms with Gasteiger partial charge in [0.15, 0.2) is 12.4 Å². The van der Waals surface area contributed by atoms with Crippen molar-refractivity contribution in [2.45, 2.75) is 296 Å². The summed E-state index contributed by atoms with van der Waals surface area (Å²) in [6.45, 7) is 4.50. The fraction of sp³-hybridized carbons (Fsp3) is 0.697. The minimum absolute atomic E-state index is 0.138. The molecule has 486 valence electrons. The summed E-state index contributed by atoms with van der Waals surface area (Å²) >= 11 is 0. The van der Waals surface area contributed by atoms with Gasteiger partial charge in [-0.05, 0) is 103 Å². The molecular formula is C76H129NO8.